The lowest BCUT2D eigenvalue weighted by Gasteiger charge is -2.41. The fourth-order valence-corrected chi connectivity index (χ4v) is 7.91. The van der Waals surface area contributed by atoms with E-state index in [4.69, 9.17) is 28.7 Å². The highest BCUT2D eigenvalue weighted by Gasteiger charge is 2.45. The highest BCUT2D eigenvalue weighted by atomic mass is 79.9. The molecule has 3 aliphatic heterocycles. The molecular formula is C27H35BrN5O6P. The van der Waals surface area contributed by atoms with Crippen molar-refractivity contribution in [2.24, 2.45) is 15.9 Å². The number of hydrogen-bond acceptors (Lipinski definition) is 9. The van der Waals surface area contributed by atoms with E-state index in [9.17, 15) is 9.36 Å². The van der Waals surface area contributed by atoms with Crippen molar-refractivity contribution in [1.82, 2.24) is 14.3 Å². The molecule has 4 heterocycles. The van der Waals surface area contributed by atoms with E-state index in [1.807, 2.05) is 46.6 Å². The molecule has 13 heteroatoms. The van der Waals surface area contributed by atoms with E-state index in [-0.39, 0.29) is 30.2 Å². The number of ether oxygens (including phenoxy) is 3. The molecule has 1 aromatic heterocycles. The molecule has 0 amide bonds. The van der Waals surface area contributed by atoms with E-state index in [1.54, 1.807) is 6.20 Å². The van der Waals surface area contributed by atoms with Crippen molar-refractivity contribution in [3.05, 3.63) is 52.3 Å². The molecule has 0 aromatic carbocycles. The number of esters is 1. The molecule has 2 fully saturated rings. The molecule has 0 radical (unpaired) electrons. The summed E-state index contributed by atoms with van der Waals surface area (Å²) in [6, 6.07) is 4.65. The maximum Gasteiger partial charge on any atom is 0.397 e. The number of hydrogen-bond donors (Lipinski definition) is 0. The maximum absolute atomic E-state index is 15.0. The van der Waals surface area contributed by atoms with Gasteiger partial charge in [0.1, 0.15) is 6.04 Å². The van der Waals surface area contributed by atoms with Gasteiger partial charge < -0.3 is 18.7 Å². The van der Waals surface area contributed by atoms with Gasteiger partial charge in [-0.3, -0.25) is 14.8 Å². The van der Waals surface area contributed by atoms with E-state index in [2.05, 4.69) is 20.9 Å². The number of allylic oxidation sites excluding steroid dienone is 2. The van der Waals surface area contributed by atoms with Crippen LogP contribution in [0.15, 0.2) is 56.6 Å². The van der Waals surface area contributed by atoms with Gasteiger partial charge in [-0.15, -0.1) is 0 Å². The third kappa shape index (κ3) is 6.48. The summed E-state index contributed by atoms with van der Waals surface area (Å²) < 4.78 is 42.4. The van der Waals surface area contributed by atoms with Crippen LogP contribution in [0.25, 0.3) is 0 Å². The molecule has 216 valence electrons. The molecule has 2 unspecified atom stereocenters. The van der Waals surface area contributed by atoms with Crippen LogP contribution in [0.4, 0.5) is 0 Å². The predicted octanol–water partition coefficient (Wildman–Crippen LogP) is 3.62. The van der Waals surface area contributed by atoms with Gasteiger partial charge in [0, 0.05) is 42.4 Å². The minimum absolute atomic E-state index is 0.0909. The van der Waals surface area contributed by atoms with Gasteiger partial charge in [0.2, 0.25) is 5.90 Å². The maximum atomic E-state index is 15.0. The zero-order valence-electron chi connectivity index (χ0n) is 22.8. The van der Waals surface area contributed by atoms with Crippen LogP contribution < -0.4 is 0 Å². The first-order valence-electron chi connectivity index (χ1n) is 13.6. The molecule has 2 saturated heterocycles. The molecule has 3 atom stereocenters. The van der Waals surface area contributed by atoms with E-state index < -0.39 is 13.7 Å². The number of morpholine rings is 2. The van der Waals surface area contributed by atoms with E-state index in [0.717, 1.165) is 10.1 Å². The number of carbonyl (C=O) groups is 1. The molecule has 5 rings (SSSR count). The highest BCUT2D eigenvalue weighted by molar-refractivity contribution is 9.11. The number of fused-ring (bicyclic) bond motifs is 1. The summed E-state index contributed by atoms with van der Waals surface area (Å²) in [5, 5.41) is 0. The Morgan fingerprint density at radius 2 is 1.80 bits per heavy atom. The average Bonchev–Trinajstić information content (AvgIpc) is 3.14. The van der Waals surface area contributed by atoms with Crippen molar-refractivity contribution in [2.45, 2.75) is 31.8 Å². The Morgan fingerprint density at radius 3 is 2.40 bits per heavy atom. The number of aromatic nitrogens is 1. The van der Waals surface area contributed by atoms with Crippen LogP contribution >= 0.6 is 23.6 Å². The number of carbonyl (C=O) groups excluding carboxylic acids is 1. The normalized spacial score (nSPS) is 25.4. The molecule has 0 saturated carbocycles. The van der Waals surface area contributed by atoms with Crippen molar-refractivity contribution in [3.8, 4) is 0 Å². The number of aliphatic imine (C=N–C) groups is 2. The van der Waals surface area contributed by atoms with Crippen molar-refractivity contribution in [3.63, 3.8) is 0 Å². The quantitative estimate of drug-likeness (QED) is 0.327. The number of halogens is 1. The summed E-state index contributed by atoms with van der Waals surface area (Å²) in [5.74, 6) is -0.466. The Balaban J connectivity index is 1.61. The van der Waals surface area contributed by atoms with Crippen LogP contribution in [0, 0.1) is 5.92 Å². The molecule has 11 nitrogen and oxygen atoms in total. The lowest BCUT2D eigenvalue weighted by Crippen LogP contribution is -2.45. The summed E-state index contributed by atoms with van der Waals surface area (Å²) in [6.45, 7) is 5.63. The number of methoxy groups -OCH3 is 1. The van der Waals surface area contributed by atoms with Crippen LogP contribution in [0.3, 0.4) is 0 Å². The van der Waals surface area contributed by atoms with Crippen LogP contribution in [0.5, 0.6) is 0 Å². The Labute approximate surface area is 243 Å². The van der Waals surface area contributed by atoms with Crippen molar-refractivity contribution >= 4 is 41.2 Å². The van der Waals surface area contributed by atoms with Gasteiger partial charge in [-0.05, 0) is 30.5 Å². The van der Waals surface area contributed by atoms with Gasteiger partial charge in [-0.2, -0.15) is 0 Å². The lowest BCUT2D eigenvalue weighted by molar-refractivity contribution is -0.141. The Morgan fingerprint density at radius 1 is 1.12 bits per heavy atom. The van der Waals surface area contributed by atoms with Crippen molar-refractivity contribution < 1.29 is 28.1 Å². The molecule has 1 aromatic rings. The molecule has 0 spiro atoms. The fraction of sp³-hybridized carbons (Fsp3) is 0.556. The zero-order valence-corrected chi connectivity index (χ0v) is 25.3. The summed E-state index contributed by atoms with van der Waals surface area (Å²) in [6.07, 6.45) is 6.46. The second kappa shape index (κ2) is 13.2. The van der Waals surface area contributed by atoms with Crippen LogP contribution in [0.2, 0.25) is 0 Å². The summed E-state index contributed by atoms with van der Waals surface area (Å²) in [7, 11) is -2.23. The van der Waals surface area contributed by atoms with E-state index in [0.29, 0.717) is 70.4 Å². The SMILES string of the molecule is COC(=O)CC(C)[C@@H]1N=C(c2ccccn2)C2=CC(Br)=CCC2N=C1OP(=O)(N1CCOCC1)N1CCOCC1. The Hall–Kier alpha value is -2.21. The molecule has 4 aliphatic rings. The van der Waals surface area contributed by atoms with Gasteiger partial charge in [-0.1, -0.05) is 35.0 Å². The zero-order chi connectivity index (χ0) is 28.1. The second-order valence-corrected chi connectivity index (χ2v) is 13.2. The first-order valence-corrected chi connectivity index (χ1v) is 15.9. The van der Waals surface area contributed by atoms with Gasteiger partial charge in [0.15, 0.2) is 0 Å². The standard InChI is InChI=1S/C27H35BrN5O6P/c1-19(17-24(34)36-2)25-27(39-40(35,32-9-13-37-14-10-32)33-11-15-38-16-12-33)30-22-7-6-20(28)18-21(22)26(31-25)23-5-3-4-8-29-23/h3-6,8,18-19,22,25H,7,9-17H2,1-2H3/t19?,22?,25-/m0/s1. The lowest BCUT2D eigenvalue weighted by atomic mass is 9.93. The van der Waals surface area contributed by atoms with E-state index >= 15 is 0 Å². The van der Waals surface area contributed by atoms with Gasteiger partial charge >= 0.3 is 13.6 Å². The minimum atomic E-state index is -3.60. The largest absolute Gasteiger partial charge is 0.469 e. The second-order valence-electron chi connectivity index (χ2n) is 10.0. The molecular weight excluding hydrogens is 601 g/mol. The number of pyridine rings is 1. The number of nitrogens with zero attached hydrogens (tertiary/aromatic N) is 5. The topological polar surface area (TPSA) is 115 Å². The minimum Gasteiger partial charge on any atom is -0.469 e. The highest BCUT2D eigenvalue weighted by Crippen LogP contribution is 2.56. The number of rotatable bonds is 7. The van der Waals surface area contributed by atoms with Crippen molar-refractivity contribution in [2.75, 3.05) is 59.7 Å². The van der Waals surface area contributed by atoms with Gasteiger partial charge in [0.25, 0.3) is 0 Å². The summed E-state index contributed by atoms with van der Waals surface area (Å²) >= 11 is 3.62. The average molecular weight is 636 g/mol. The third-order valence-electron chi connectivity index (χ3n) is 7.33. The predicted molar refractivity (Wildman–Crippen MR) is 155 cm³/mol. The van der Waals surface area contributed by atoms with Crippen LogP contribution in [-0.2, 0) is 28.1 Å². The summed E-state index contributed by atoms with van der Waals surface area (Å²) in [4.78, 5) is 27.3. The van der Waals surface area contributed by atoms with Gasteiger partial charge in [-0.25, -0.2) is 18.9 Å². The third-order valence-corrected chi connectivity index (χ3v) is 10.5. The summed E-state index contributed by atoms with van der Waals surface area (Å²) in [5.41, 5.74) is 2.25. The Bertz CT molecular complexity index is 1220. The van der Waals surface area contributed by atoms with Gasteiger partial charge in [0.05, 0.1) is 57.4 Å². The monoisotopic (exact) mass is 635 g/mol. The van der Waals surface area contributed by atoms with Crippen LogP contribution in [-0.4, -0.2) is 104 Å². The molecule has 40 heavy (non-hydrogen) atoms. The molecule has 1 aliphatic carbocycles. The smallest absolute Gasteiger partial charge is 0.397 e. The first kappa shape index (κ1) is 29.3. The molecule has 0 N–H and O–H groups in total. The van der Waals surface area contributed by atoms with Crippen LogP contribution in [0.1, 0.15) is 25.5 Å². The first-order chi connectivity index (χ1) is 19.4. The fourth-order valence-electron chi connectivity index (χ4n) is 5.15. The Kier molecular flexibility index (Phi) is 9.65. The van der Waals surface area contributed by atoms with E-state index in [1.165, 1.54) is 7.11 Å². The molecule has 0 bridgehead atoms. The van der Waals surface area contributed by atoms with Crippen molar-refractivity contribution in [1.29, 1.82) is 0 Å².